The van der Waals surface area contributed by atoms with Crippen LogP contribution in [-0.2, 0) is 0 Å². The number of aromatic nitrogens is 2. The van der Waals surface area contributed by atoms with Crippen molar-refractivity contribution in [2.75, 3.05) is 6.54 Å². The summed E-state index contributed by atoms with van der Waals surface area (Å²) < 4.78 is 2.09. The maximum Gasteiger partial charge on any atom is 0.0643 e. The minimum atomic E-state index is 0.492. The van der Waals surface area contributed by atoms with E-state index < -0.39 is 0 Å². The van der Waals surface area contributed by atoms with Crippen molar-refractivity contribution < 1.29 is 0 Å². The fourth-order valence-electron chi connectivity index (χ4n) is 1.67. The normalized spacial score (nSPS) is 13.4. The Morgan fingerprint density at radius 1 is 1.47 bits per heavy atom. The fourth-order valence-corrected chi connectivity index (χ4v) is 1.67. The number of hydrogen-bond acceptors (Lipinski definition) is 2. The lowest BCUT2D eigenvalue weighted by Crippen LogP contribution is -2.30. The summed E-state index contributed by atoms with van der Waals surface area (Å²) in [4.78, 5) is 0. The van der Waals surface area contributed by atoms with Gasteiger partial charge in [-0.15, -0.1) is 0 Å². The molecular formula is C12H23N3. The molecule has 0 saturated carbocycles. The van der Waals surface area contributed by atoms with Crippen molar-refractivity contribution in [3.63, 3.8) is 0 Å². The number of rotatable bonds is 6. The largest absolute Gasteiger partial charge is 0.312 e. The average molecular weight is 209 g/mol. The van der Waals surface area contributed by atoms with E-state index in [9.17, 15) is 0 Å². The van der Waals surface area contributed by atoms with Crippen molar-refractivity contribution in [1.29, 1.82) is 0 Å². The summed E-state index contributed by atoms with van der Waals surface area (Å²) in [5.74, 6) is 0. The summed E-state index contributed by atoms with van der Waals surface area (Å²) in [6.07, 6.45) is 4.46. The molecule has 0 aliphatic heterocycles. The van der Waals surface area contributed by atoms with Crippen molar-refractivity contribution in [2.24, 2.45) is 0 Å². The van der Waals surface area contributed by atoms with Crippen molar-refractivity contribution in [1.82, 2.24) is 15.1 Å². The molecule has 0 fully saturated rings. The molecule has 1 aromatic rings. The van der Waals surface area contributed by atoms with Crippen LogP contribution in [0.5, 0.6) is 0 Å². The predicted molar refractivity (Wildman–Crippen MR) is 64.0 cm³/mol. The van der Waals surface area contributed by atoms with Gasteiger partial charge in [-0.2, -0.15) is 5.10 Å². The van der Waals surface area contributed by atoms with E-state index in [1.807, 2.05) is 6.92 Å². The molecule has 0 saturated heterocycles. The standard InChI is InChI=1S/C12H23N3/c1-5-6-12(9-13-10(2)3)15-8-7-11(4)14-15/h7-8,10,12-13H,5-6,9H2,1-4H3. The Bertz CT molecular complexity index is 278. The maximum absolute atomic E-state index is 4.48. The first-order valence-corrected chi connectivity index (χ1v) is 5.88. The zero-order chi connectivity index (χ0) is 11.3. The van der Waals surface area contributed by atoms with Crippen LogP contribution < -0.4 is 5.32 Å². The molecule has 0 aromatic carbocycles. The Labute approximate surface area is 92.9 Å². The van der Waals surface area contributed by atoms with Crippen molar-refractivity contribution >= 4 is 0 Å². The molecular weight excluding hydrogens is 186 g/mol. The zero-order valence-electron chi connectivity index (χ0n) is 10.3. The van der Waals surface area contributed by atoms with Crippen LogP contribution in [0.1, 0.15) is 45.3 Å². The van der Waals surface area contributed by atoms with Crippen molar-refractivity contribution in [2.45, 2.75) is 52.6 Å². The minimum Gasteiger partial charge on any atom is -0.312 e. The van der Waals surface area contributed by atoms with Gasteiger partial charge < -0.3 is 5.32 Å². The summed E-state index contributed by atoms with van der Waals surface area (Å²) in [6, 6.07) is 3.10. The van der Waals surface area contributed by atoms with Crippen LogP contribution in [0.3, 0.4) is 0 Å². The van der Waals surface area contributed by atoms with Gasteiger partial charge in [-0.1, -0.05) is 27.2 Å². The molecule has 1 aromatic heterocycles. The molecule has 1 unspecified atom stereocenters. The van der Waals surface area contributed by atoms with Gasteiger partial charge in [-0.25, -0.2) is 0 Å². The van der Waals surface area contributed by atoms with Gasteiger partial charge in [0.2, 0.25) is 0 Å². The molecule has 3 heteroatoms. The second-order valence-corrected chi connectivity index (χ2v) is 4.44. The molecule has 1 atom stereocenters. The average Bonchev–Trinajstić information content (AvgIpc) is 2.59. The molecule has 0 bridgehead atoms. The molecule has 15 heavy (non-hydrogen) atoms. The predicted octanol–water partition coefficient (Wildman–Crippen LogP) is 2.53. The lowest BCUT2D eigenvalue weighted by molar-refractivity contribution is 0.381. The van der Waals surface area contributed by atoms with E-state index in [0.717, 1.165) is 12.2 Å². The van der Waals surface area contributed by atoms with E-state index in [4.69, 9.17) is 0 Å². The lowest BCUT2D eigenvalue weighted by Gasteiger charge is -2.19. The van der Waals surface area contributed by atoms with Gasteiger partial charge in [0.1, 0.15) is 0 Å². The Morgan fingerprint density at radius 2 is 2.20 bits per heavy atom. The Balaban J connectivity index is 2.57. The summed E-state index contributed by atoms with van der Waals surface area (Å²) in [5, 5.41) is 7.96. The summed E-state index contributed by atoms with van der Waals surface area (Å²) in [7, 11) is 0. The van der Waals surface area contributed by atoms with E-state index >= 15 is 0 Å². The first-order valence-electron chi connectivity index (χ1n) is 5.88. The van der Waals surface area contributed by atoms with Gasteiger partial charge in [0.15, 0.2) is 0 Å². The minimum absolute atomic E-state index is 0.492. The molecule has 1 N–H and O–H groups in total. The SMILES string of the molecule is CCCC(CNC(C)C)n1ccc(C)n1. The van der Waals surface area contributed by atoms with Crippen LogP contribution >= 0.6 is 0 Å². The van der Waals surface area contributed by atoms with E-state index in [-0.39, 0.29) is 0 Å². The number of nitrogens with one attached hydrogen (secondary N) is 1. The molecule has 0 radical (unpaired) electrons. The molecule has 3 nitrogen and oxygen atoms in total. The Morgan fingerprint density at radius 3 is 2.67 bits per heavy atom. The first-order chi connectivity index (χ1) is 7.13. The smallest absolute Gasteiger partial charge is 0.0643 e. The van der Waals surface area contributed by atoms with E-state index in [2.05, 4.69) is 48.1 Å². The summed E-state index contributed by atoms with van der Waals surface area (Å²) in [6.45, 7) is 9.62. The Kier molecular flexibility index (Phi) is 4.82. The van der Waals surface area contributed by atoms with Crippen LogP contribution in [0.4, 0.5) is 0 Å². The van der Waals surface area contributed by atoms with Gasteiger partial charge in [0.25, 0.3) is 0 Å². The summed E-state index contributed by atoms with van der Waals surface area (Å²) in [5.41, 5.74) is 1.10. The van der Waals surface area contributed by atoms with Gasteiger partial charge in [-0.05, 0) is 19.4 Å². The van der Waals surface area contributed by atoms with Crippen molar-refractivity contribution in [3.8, 4) is 0 Å². The first kappa shape index (κ1) is 12.2. The van der Waals surface area contributed by atoms with Gasteiger partial charge in [0, 0.05) is 18.8 Å². The van der Waals surface area contributed by atoms with Gasteiger partial charge in [-0.3, -0.25) is 4.68 Å². The number of nitrogens with zero attached hydrogens (tertiary/aromatic N) is 2. The third-order valence-corrected chi connectivity index (χ3v) is 2.50. The van der Waals surface area contributed by atoms with Crippen LogP contribution in [-0.4, -0.2) is 22.4 Å². The highest BCUT2D eigenvalue weighted by molar-refractivity contribution is 4.96. The topological polar surface area (TPSA) is 29.9 Å². The molecule has 1 rings (SSSR count). The van der Waals surface area contributed by atoms with Crippen LogP contribution in [0.15, 0.2) is 12.3 Å². The Hall–Kier alpha value is -0.830. The van der Waals surface area contributed by atoms with Crippen molar-refractivity contribution in [3.05, 3.63) is 18.0 Å². The van der Waals surface area contributed by atoms with Crippen LogP contribution in [0, 0.1) is 6.92 Å². The summed E-state index contributed by atoms with van der Waals surface area (Å²) >= 11 is 0. The second-order valence-electron chi connectivity index (χ2n) is 4.44. The van der Waals surface area contributed by atoms with Crippen LogP contribution in [0.2, 0.25) is 0 Å². The fraction of sp³-hybridized carbons (Fsp3) is 0.750. The molecule has 0 aliphatic carbocycles. The highest BCUT2D eigenvalue weighted by atomic mass is 15.3. The molecule has 0 aliphatic rings. The molecule has 1 heterocycles. The number of hydrogen-bond donors (Lipinski definition) is 1. The van der Waals surface area contributed by atoms with Gasteiger partial charge >= 0.3 is 0 Å². The highest BCUT2D eigenvalue weighted by Crippen LogP contribution is 2.12. The third kappa shape index (κ3) is 4.04. The van der Waals surface area contributed by atoms with E-state index in [0.29, 0.717) is 12.1 Å². The quantitative estimate of drug-likeness (QED) is 0.780. The molecule has 86 valence electrons. The monoisotopic (exact) mass is 209 g/mol. The third-order valence-electron chi connectivity index (χ3n) is 2.50. The lowest BCUT2D eigenvalue weighted by atomic mass is 10.1. The second kappa shape index (κ2) is 5.91. The highest BCUT2D eigenvalue weighted by Gasteiger charge is 2.10. The molecule has 0 amide bonds. The maximum atomic E-state index is 4.48. The van der Waals surface area contributed by atoms with E-state index in [1.165, 1.54) is 12.8 Å². The van der Waals surface area contributed by atoms with E-state index in [1.54, 1.807) is 0 Å². The van der Waals surface area contributed by atoms with Crippen LogP contribution in [0.25, 0.3) is 0 Å². The number of aryl methyl sites for hydroxylation is 1. The molecule has 0 spiro atoms. The van der Waals surface area contributed by atoms with Gasteiger partial charge in [0.05, 0.1) is 11.7 Å². The zero-order valence-corrected chi connectivity index (χ0v) is 10.3.